The molecule has 0 saturated carbocycles. The Kier molecular flexibility index (Phi) is 20.2. The third kappa shape index (κ3) is 15.4. The number of hydrogen-bond donors (Lipinski definition) is 5. The van der Waals surface area contributed by atoms with Crippen LogP contribution in [-0.2, 0) is 40.6 Å². The standard InChI is InChI=1S/C58H73N9O9/c1-40(60-55(71)43-14-10-15-44(37-43)64-58(24-28-67(2)29-25-58)57-63-54(65-66-57)41-22-26-59-27-23-41)42-13-11-16-45(38-42)76-32-9-4-3-7-30-73-33-35-75-36-34-74-31-8-5-6-19-51(68)61-50-18-12-17-46-48(50)39-49(53(46)70)47-20-21-52(69)62-56(47)72/h10-18,22-23,26-27,37-38,40,47,49,64H,3-9,19-21,24-25,28-36,39H2,1-2H3,(H,60,71)(H,61,68)(H,62,69,72)(H,63,65,66)/t40-,47?,49?/m1/s1. The van der Waals surface area contributed by atoms with Crippen LogP contribution in [0.2, 0.25) is 0 Å². The number of likely N-dealkylation sites (tertiary alicyclic amines) is 1. The van der Waals surface area contributed by atoms with Crippen LogP contribution in [0.5, 0.6) is 5.75 Å². The highest BCUT2D eigenvalue weighted by Gasteiger charge is 2.43. The molecule has 0 spiro atoms. The number of fused-ring (bicyclic) bond motifs is 1. The molecule has 76 heavy (non-hydrogen) atoms. The van der Waals surface area contributed by atoms with Gasteiger partial charge in [-0.3, -0.25) is 34.3 Å². The number of carbonyl (C=O) groups is 5. The highest BCUT2D eigenvalue weighted by molar-refractivity contribution is 6.08. The third-order valence-corrected chi connectivity index (χ3v) is 14.6. The molecule has 4 amide bonds. The molecule has 5 aromatic rings. The summed E-state index contributed by atoms with van der Waals surface area (Å²) in [6.45, 7) is 7.66. The van der Waals surface area contributed by atoms with Crippen molar-refractivity contribution in [1.82, 2.24) is 35.7 Å². The average molecular weight is 1040 g/mol. The van der Waals surface area contributed by atoms with Crippen LogP contribution in [0, 0.1) is 11.8 Å². The Morgan fingerprint density at radius 1 is 0.776 bits per heavy atom. The monoisotopic (exact) mass is 1040 g/mol. The number of amides is 4. The second-order valence-corrected chi connectivity index (χ2v) is 20.1. The first-order chi connectivity index (χ1) is 37.0. The first-order valence-corrected chi connectivity index (χ1v) is 27.0. The number of ether oxygens (including phenoxy) is 4. The Labute approximate surface area is 445 Å². The molecule has 3 aliphatic rings. The van der Waals surface area contributed by atoms with Crippen molar-refractivity contribution < 1.29 is 42.9 Å². The molecule has 2 fully saturated rings. The minimum atomic E-state index is -0.539. The topological polar surface area (TPSA) is 228 Å². The lowest BCUT2D eigenvalue weighted by atomic mass is 9.83. The van der Waals surface area contributed by atoms with Crippen LogP contribution >= 0.6 is 0 Å². The van der Waals surface area contributed by atoms with E-state index in [1.807, 2.05) is 67.6 Å². The van der Waals surface area contributed by atoms with Gasteiger partial charge in [-0.1, -0.05) is 43.2 Å². The van der Waals surface area contributed by atoms with E-state index in [2.05, 4.69) is 53.4 Å². The summed E-state index contributed by atoms with van der Waals surface area (Å²) in [5.74, 6) is 0.0979. The van der Waals surface area contributed by atoms with Crippen LogP contribution in [0.1, 0.15) is 128 Å². The summed E-state index contributed by atoms with van der Waals surface area (Å²) in [5, 5.41) is 21.3. The van der Waals surface area contributed by atoms with Gasteiger partial charge >= 0.3 is 0 Å². The number of anilines is 2. The van der Waals surface area contributed by atoms with Crippen molar-refractivity contribution in [2.75, 3.05) is 77.0 Å². The van der Waals surface area contributed by atoms with Gasteiger partial charge < -0.3 is 44.8 Å². The number of unbranched alkanes of at least 4 members (excludes halogenated alkanes) is 5. The third-order valence-electron chi connectivity index (χ3n) is 14.6. The first kappa shape index (κ1) is 55.4. The van der Waals surface area contributed by atoms with E-state index >= 15 is 0 Å². The van der Waals surface area contributed by atoms with E-state index in [-0.39, 0.29) is 36.0 Å². The summed E-state index contributed by atoms with van der Waals surface area (Å²) in [7, 11) is 2.12. The Balaban J connectivity index is 0.627. The molecule has 2 aromatic heterocycles. The van der Waals surface area contributed by atoms with E-state index in [0.29, 0.717) is 94.6 Å². The zero-order valence-corrected chi connectivity index (χ0v) is 43.9. The number of aromatic amines is 1. The van der Waals surface area contributed by atoms with Crippen LogP contribution in [0.25, 0.3) is 11.4 Å². The molecule has 5 N–H and O–H groups in total. The molecule has 18 heteroatoms. The zero-order chi connectivity index (χ0) is 53.1. The summed E-state index contributed by atoms with van der Waals surface area (Å²) < 4.78 is 23.2. The fraction of sp³-hybridized carbons (Fsp3) is 0.483. The maximum atomic E-state index is 13.6. The van der Waals surface area contributed by atoms with E-state index in [0.717, 1.165) is 98.4 Å². The molecule has 0 radical (unpaired) electrons. The van der Waals surface area contributed by atoms with Gasteiger partial charge in [0.05, 0.1) is 44.6 Å². The van der Waals surface area contributed by atoms with Crippen molar-refractivity contribution in [2.45, 2.75) is 102 Å². The maximum absolute atomic E-state index is 13.6. The lowest BCUT2D eigenvalue weighted by Gasteiger charge is -2.40. The molecule has 4 heterocycles. The average Bonchev–Trinajstić information content (AvgIpc) is 4.09. The number of carbonyl (C=O) groups excluding carboxylic acids is 5. The van der Waals surface area contributed by atoms with Gasteiger partial charge in [-0.2, -0.15) is 0 Å². The second-order valence-electron chi connectivity index (χ2n) is 20.1. The molecule has 3 atom stereocenters. The number of H-pyrrole nitrogens is 1. The van der Waals surface area contributed by atoms with Gasteiger partial charge in [-0.05, 0) is 131 Å². The molecule has 2 unspecified atom stereocenters. The first-order valence-electron chi connectivity index (χ1n) is 27.0. The highest BCUT2D eigenvalue weighted by Crippen LogP contribution is 2.39. The van der Waals surface area contributed by atoms with Gasteiger partial charge in [0.25, 0.3) is 5.91 Å². The molecule has 3 aromatic carbocycles. The number of rotatable bonds is 29. The van der Waals surface area contributed by atoms with Crippen molar-refractivity contribution in [3.05, 3.63) is 119 Å². The Bertz CT molecular complexity index is 2730. The predicted octanol–water partition coefficient (Wildman–Crippen LogP) is 7.99. The number of piperidine rings is 2. The SMILES string of the molecule is C[C@@H](NC(=O)c1cccc(NC2(c3nnc(-c4ccncc4)[nH]3)CCN(C)CC2)c1)c1cccc(OCCCCCCOCCOCCOCCCCCC(=O)Nc2cccc3c2CC(C2CCC(=O)NC2=O)C3=O)c1. The van der Waals surface area contributed by atoms with E-state index in [1.54, 1.807) is 30.6 Å². The number of pyridine rings is 1. The van der Waals surface area contributed by atoms with Crippen molar-refractivity contribution in [1.29, 1.82) is 0 Å². The van der Waals surface area contributed by atoms with Crippen LogP contribution < -0.4 is 26.0 Å². The molecule has 404 valence electrons. The lowest BCUT2D eigenvalue weighted by Crippen LogP contribution is -2.46. The zero-order valence-electron chi connectivity index (χ0n) is 43.9. The number of ketones is 1. The highest BCUT2D eigenvalue weighted by atomic mass is 16.5. The van der Waals surface area contributed by atoms with Crippen molar-refractivity contribution in [3.63, 3.8) is 0 Å². The van der Waals surface area contributed by atoms with Gasteiger partial charge in [0.2, 0.25) is 17.7 Å². The van der Waals surface area contributed by atoms with Crippen molar-refractivity contribution >= 4 is 40.8 Å². The Morgan fingerprint density at radius 3 is 2.22 bits per heavy atom. The van der Waals surface area contributed by atoms with E-state index in [9.17, 15) is 24.0 Å². The molecule has 2 saturated heterocycles. The van der Waals surface area contributed by atoms with Crippen LogP contribution in [-0.4, -0.2) is 121 Å². The molecule has 8 rings (SSSR count). The lowest BCUT2D eigenvalue weighted by molar-refractivity contribution is -0.137. The fourth-order valence-electron chi connectivity index (χ4n) is 10.1. The fourth-order valence-corrected chi connectivity index (χ4v) is 10.1. The molecular formula is C58H73N9O9. The van der Waals surface area contributed by atoms with Crippen LogP contribution in [0.15, 0.2) is 91.3 Å². The number of hydrogen-bond acceptors (Lipinski definition) is 14. The van der Waals surface area contributed by atoms with Gasteiger partial charge in [0, 0.05) is 91.4 Å². The van der Waals surface area contributed by atoms with Crippen molar-refractivity contribution in [3.8, 4) is 17.1 Å². The summed E-state index contributed by atoms with van der Waals surface area (Å²) in [6.07, 6.45) is 12.8. The number of nitrogens with one attached hydrogen (secondary N) is 5. The number of benzene rings is 3. The maximum Gasteiger partial charge on any atom is 0.251 e. The largest absolute Gasteiger partial charge is 0.494 e. The minimum absolute atomic E-state index is 0.106. The quantitative estimate of drug-likeness (QED) is 0.0226. The van der Waals surface area contributed by atoms with Gasteiger partial charge in [0.15, 0.2) is 17.4 Å². The smallest absolute Gasteiger partial charge is 0.251 e. The summed E-state index contributed by atoms with van der Waals surface area (Å²) in [5.41, 5.74) is 4.71. The molecule has 2 aliphatic heterocycles. The number of aromatic nitrogens is 4. The number of imide groups is 1. The van der Waals surface area contributed by atoms with E-state index < -0.39 is 23.3 Å². The summed E-state index contributed by atoms with van der Waals surface area (Å²) >= 11 is 0. The Morgan fingerprint density at radius 2 is 1.47 bits per heavy atom. The van der Waals surface area contributed by atoms with Gasteiger partial charge in [0.1, 0.15) is 5.75 Å². The molecule has 1 aliphatic carbocycles. The minimum Gasteiger partial charge on any atom is -0.494 e. The summed E-state index contributed by atoms with van der Waals surface area (Å²) in [6, 6.07) is 24.4. The van der Waals surface area contributed by atoms with Gasteiger partial charge in [-0.15, -0.1) is 10.2 Å². The molecule has 0 bridgehead atoms. The van der Waals surface area contributed by atoms with Gasteiger partial charge in [-0.25, -0.2) is 0 Å². The second kappa shape index (κ2) is 27.8. The molecule has 18 nitrogen and oxygen atoms in total. The Hall–Kier alpha value is -6.86. The normalized spacial score (nSPS) is 17.7. The van der Waals surface area contributed by atoms with Crippen LogP contribution in [0.4, 0.5) is 11.4 Å². The molecular weight excluding hydrogens is 967 g/mol. The van der Waals surface area contributed by atoms with E-state index in [4.69, 9.17) is 18.9 Å². The number of Topliss-reactive ketones (excluding diaryl/α,β-unsaturated/α-hetero) is 1. The predicted molar refractivity (Wildman–Crippen MR) is 288 cm³/mol. The number of nitrogens with zero attached hydrogens (tertiary/aromatic N) is 4. The van der Waals surface area contributed by atoms with Crippen molar-refractivity contribution in [2.24, 2.45) is 11.8 Å². The van der Waals surface area contributed by atoms with E-state index in [1.165, 1.54) is 0 Å². The van der Waals surface area contributed by atoms with Crippen LogP contribution in [0.3, 0.4) is 0 Å². The summed E-state index contributed by atoms with van der Waals surface area (Å²) in [4.78, 5) is 73.5.